The minimum Gasteiger partial charge on any atom is -0.439 e. The maximum Gasteiger partial charge on any atom is 0.224 e. The molecule has 0 N–H and O–H groups in total. The van der Waals surface area contributed by atoms with Crippen molar-refractivity contribution in [1.29, 1.82) is 0 Å². The lowest BCUT2D eigenvalue weighted by molar-refractivity contribution is -0.133. The molecule has 150 valence electrons. The van der Waals surface area contributed by atoms with Gasteiger partial charge in [-0.1, -0.05) is 13.3 Å². The number of rotatable bonds is 6. The number of aromatic nitrogens is 2. The van der Waals surface area contributed by atoms with Crippen molar-refractivity contribution in [3.63, 3.8) is 0 Å². The first-order chi connectivity index (χ1) is 13.5. The quantitative estimate of drug-likeness (QED) is 0.751. The molecule has 1 aliphatic rings. The Balaban J connectivity index is 1.66. The number of piperazine rings is 1. The van der Waals surface area contributed by atoms with E-state index in [9.17, 15) is 13.6 Å². The monoisotopic (exact) mass is 390 g/mol. The molecule has 8 heteroatoms. The van der Waals surface area contributed by atoms with Crippen molar-refractivity contribution in [2.75, 3.05) is 24.5 Å². The van der Waals surface area contributed by atoms with Crippen molar-refractivity contribution in [2.24, 2.45) is 0 Å². The number of ether oxygens (including phenoxy) is 1. The summed E-state index contributed by atoms with van der Waals surface area (Å²) in [6.45, 7) is 6.04. The van der Waals surface area contributed by atoms with Gasteiger partial charge < -0.3 is 14.5 Å². The van der Waals surface area contributed by atoms with Crippen molar-refractivity contribution in [3.05, 3.63) is 42.2 Å². The molecule has 0 saturated carbocycles. The second-order valence-electron chi connectivity index (χ2n) is 6.88. The Morgan fingerprint density at radius 1 is 1.21 bits per heavy atom. The molecular formula is C20H24F2N4O2. The highest BCUT2D eigenvalue weighted by Gasteiger charge is 2.27. The highest BCUT2D eigenvalue weighted by molar-refractivity contribution is 5.76. The van der Waals surface area contributed by atoms with E-state index in [0.717, 1.165) is 25.0 Å². The van der Waals surface area contributed by atoms with Gasteiger partial charge in [0.25, 0.3) is 0 Å². The normalized spacial score (nSPS) is 16.9. The number of anilines is 1. The van der Waals surface area contributed by atoms with Crippen LogP contribution in [0.5, 0.6) is 11.6 Å². The van der Waals surface area contributed by atoms with Gasteiger partial charge in [-0.15, -0.1) is 0 Å². The van der Waals surface area contributed by atoms with Gasteiger partial charge in [-0.05, 0) is 25.5 Å². The summed E-state index contributed by atoms with van der Waals surface area (Å²) in [5, 5.41) is 0. The van der Waals surface area contributed by atoms with E-state index in [1.807, 2.05) is 11.8 Å². The molecule has 0 aliphatic carbocycles. The van der Waals surface area contributed by atoms with Crippen LogP contribution < -0.4 is 9.64 Å². The number of hydrogen-bond donors (Lipinski definition) is 0. The highest BCUT2D eigenvalue weighted by atomic mass is 19.2. The standard InChI is InChI=1S/C20H24F2N4O2/c1-3-4-5-20(27)26-9-8-25(12-14(26)2)18-11-19(24-13-23-18)28-15-6-7-16(21)17(22)10-15/h6-7,10-11,13-14H,3-5,8-9,12H2,1-2H3/t14-/m1/s1. The number of nitrogens with zero attached hydrogens (tertiary/aromatic N) is 4. The zero-order valence-corrected chi connectivity index (χ0v) is 16.1. The van der Waals surface area contributed by atoms with E-state index >= 15 is 0 Å². The van der Waals surface area contributed by atoms with Crippen molar-refractivity contribution in [3.8, 4) is 11.6 Å². The third kappa shape index (κ3) is 4.74. The van der Waals surface area contributed by atoms with E-state index in [2.05, 4.69) is 21.8 Å². The van der Waals surface area contributed by atoms with Gasteiger partial charge in [0, 0.05) is 44.2 Å². The van der Waals surface area contributed by atoms with Gasteiger partial charge in [0.05, 0.1) is 0 Å². The first-order valence-corrected chi connectivity index (χ1v) is 9.47. The predicted molar refractivity (Wildman–Crippen MR) is 101 cm³/mol. The van der Waals surface area contributed by atoms with Crippen LogP contribution in [-0.2, 0) is 4.79 Å². The molecule has 28 heavy (non-hydrogen) atoms. The number of amides is 1. The lowest BCUT2D eigenvalue weighted by Crippen LogP contribution is -2.54. The Labute approximate surface area is 163 Å². The highest BCUT2D eigenvalue weighted by Crippen LogP contribution is 2.25. The van der Waals surface area contributed by atoms with E-state index in [0.29, 0.717) is 31.9 Å². The average molecular weight is 390 g/mol. The number of unbranched alkanes of at least 4 members (excludes halogenated alkanes) is 1. The van der Waals surface area contributed by atoms with Gasteiger partial charge in [-0.25, -0.2) is 18.7 Å². The lowest BCUT2D eigenvalue weighted by atomic mass is 10.1. The SMILES string of the molecule is CCCCC(=O)N1CCN(c2cc(Oc3ccc(F)c(F)c3)ncn2)C[C@H]1C. The molecule has 2 heterocycles. The van der Waals surface area contributed by atoms with Crippen molar-refractivity contribution >= 4 is 11.7 Å². The fourth-order valence-electron chi connectivity index (χ4n) is 3.23. The number of carbonyl (C=O) groups excluding carboxylic acids is 1. The number of halogens is 2. The molecule has 6 nitrogen and oxygen atoms in total. The first kappa shape index (κ1) is 20.0. The average Bonchev–Trinajstić information content (AvgIpc) is 2.69. The third-order valence-electron chi connectivity index (χ3n) is 4.76. The van der Waals surface area contributed by atoms with Gasteiger partial charge in [-0.3, -0.25) is 4.79 Å². The summed E-state index contributed by atoms with van der Waals surface area (Å²) in [7, 11) is 0. The molecule has 0 spiro atoms. The maximum atomic E-state index is 13.3. The Morgan fingerprint density at radius 2 is 2.04 bits per heavy atom. The molecule has 1 amide bonds. The molecule has 0 unspecified atom stereocenters. The molecule has 1 aliphatic heterocycles. The number of benzene rings is 1. The smallest absolute Gasteiger partial charge is 0.224 e. The van der Waals surface area contributed by atoms with E-state index < -0.39 is 11.6 Å². The molecule has 1 aromatic heterocycles. The van der Waals surface area contributed by atoms with Gasteiger partial charge in [0.15, 0.2) is 11.6 Å². The van der Waals surface area contributed by atoms with E-state index in [4.69, 9.17) is 4.74 Å². The zero-order chi connectivity index (χ0) is 20.1. The zero-order valence-electron chi connectivity index (χ0n) is 16.1. The molecule has 3 rings (SSSR count). The largest absolute Gasteiger partial charge is 0.439 e. The minimum absolute atomic E-state index is 0.0728. The van der Waals surface area contributed by atoms with Crippen LogP contribution in [0.2, 0.25) is 0 Å². The summed E-state index contributed by atoms with van der Waals surface area (Å²) in [6.07, 6.45) is 3.86. The Hall–Kier alpha value is -2.77. The number of hydrogen-bond acceptors (Lipinski definition) is 5. The first-order valence-electron chi connectivity index (χ1n) is 9.47. The second kappa shape index (κ2) is 8.95. The summed E-state index contributed by atoms with van der Waals surface area (Å²) >= 11 is 0. The van der Waals surface area contributed by atoms with E-state index in [1.54, 1.807) is 6.07 Å². The van der Waals surface area contributed by atoms with Crippen molar-refractivity contribution in [1.82, 2.24) is 14.9 Å². The molecule has 2 aromatic rings. The fraction of sp³-hybridized carbons (Fsp3) is 0.450. The van der Waals surface area contributed by atoms with Gasteiger partial charge in [0.2, 0.25) is 11.8 Å². The fourth-order valence-corrected chi connectivity index (χ4v) is 3.23. The van der Waals surface area contributed by atoms with Gasteiger partial charge in [0.1, 0.15) is 17.9 Å². The van der Waals surface area contributed by atoms with Crippen LogP contribution in [0.25, 0.3) is 0 Å². The van der Waals surface area contributed by atoms with Crippen LogP contribution in [0.4, 0.5) is 14.6 Å². The molecule has 0 radical (unpaired) electrons. The van der Waals surface area contributed by atoms with Crippen molar-refractivity contribution in [2.45, 2.75) is 39.2 Å². The van der Waals surface area contributed by atoms with Crippen LogP contribution in [0.3, 0.4) is 0 Å². The molecule has 0 bridgehead atoms. The Morgan fingerprint density at radius 3 is 2.75 bits per heavy atom. The third-order valence-corrected chi connectivity index (χ3v) is 4.76. The summed E-state index contributed by atoms with van der Waals surface area (Å²) in [4.78, 5) is 24.6. The molecule has 1 fully saturated rings. The topological polar surface area (TPSA) is 58.6 Å². The van der Waals surface area contributed by atoms with Crippen LogP contribution in [-0.4, -0.2) is 46.5 Å². The molecule has 1 aromatic carbocycles. The summed E-state index contributed by atoms with van der Waals surface area (Å²) in [5.74, 6) is -0.659. The van der Waals surface area contributed by atoms with E-state index in [1.165, 1.54) is 12.4 Å². The van der Waals surface area contributed by atoms with Gasteiger partial charge in [-0.2, -0.15) is 0 Å². The van der Waals surface area contributed by atoms with Crippen molar-refractivity contribution < 1.29 is 18.3 Å². The summed E-state index contributed by atoms with van der Waals surface area (Å²) in [6, 6.07) is 5.04. The van der Waals surface area contributed by atoms with Crippen LogP contribution in [0.1, 0.15) is 33.1 Å². The number of carbonyl (C=O) groups is 1. The Kier molecular flexibility index (Phi) is 6.38. The predicted octanol–water partition coefficient (Wildman–Crippen LogP) is 3.77. The molecule has 1 atom stereocenters. The van der Waals surface area contributed by atoms with Gasteiger partial charge >= 0.3 is 0 Å². The molecule has 1 saturated heterocycles. The van der Waals surface area contributed by atoms with Crippen LogP contribution in [0.15, 0.2) is 30.6 Å². The Bertz CT molecular complexity index is 834. The lowest BCUT2D eigenvalue weighted by Gasteiger charge is -2.40. The minimum atomic E-state index is -0.982. The summed E-state index contributed by atoms with van der Waals surface area (Å²) in [5.41, 5.74) is 0. The summed E-state index contributed by atoms with van der Waals surface area (Å²) < 4.78 is 31.9. The molecular weight excluding hydrogens is 366 g/mol. The van der Waals surface area contributed by atoms with E-state index in [-0.39, 0.29) is 23.6 Å². The van der Waals surface area contributed by atoms with Crippen LogP contribution >= 0.6 is 0 Å². The van der Waals surface area contributed by atoms with Crippen LogP contribution in [0, 0.1) is 11.6 Å². The maximum absolute atomic E-state index is 13.3. The second-order valence-corrected chi connectivity index (χ2v) is 6.88.